The third-order valence-electron chi connectivity index (χ3n) is 1.70. The standard InChI is InChI=1S/C8H11NO2S2/c1-2-3-4-5-6(7(10)11)13-8(12)9-5/h2-4H2,1H3,(H,9,12)(H,10,11). The lowest BCUT2D eigenvalue weighted by molar-refractivity contribution is 0.0700. The zero-order valence-electron chi connectivity index (χ0n) is 7.29. The molecule has 0 aliphatic rings. The molecule has 5 heteroatoms. The molecule has 0 saturated heterocycles. The Balaban J connectivity index is 2.91. The molecule has 0 saturated carbocycles. The van der Waals surface area contributed by atoms with E-state index < -0.39 is 5.97 Å². The highest BCUT2D eigenvalue weighted by Gasteiger charge is 2.12. The molecule has 0 aliphatic heterocycles. The second-order valence-corrected chi connectivity index (χ2v) is 4.42. The van der Waals surface area contributed by atoms with Crippen LogP contribution in [0.25, 0.3) is 0 Å². The van der Waals surface area contributed by atoms with Crippen LogP contribution in [0, 0.1) is 3.95 Å². The maximum atomic E-state index is 10.7. The summed E-state index contributed by atoms with van der Waals surface area (Å²) in [6, 6.07) is 0. The third kappa shape index (κ3) is 2.63. The molecular formula is C8H11NO2S2. The summed E-state index contributed by atoms with van der Waals surface area (Å²) in [5.74, 6) is -0.886. The molecule has 0 aromatic carbocycles. The minimum Gasteiger partial charge on any atom is -0.477 e. The first-order chi connectivity index (χ1) is 6.15. The minimum atomic E-state index is -0.886. The molecule has 0 aliphatic carbocycles. The second kappa shape index (κ2) is 4.53. The first-order valence-electron chi connectivity index (χ1n) is 4.10. The molecule has 0 amide bonds. The zero-order valence-corrected chi connectivity index (χ0v) is 8.93. The van der Waals surface area contributed by atoms with E-state index in [1.54, 1.807) is 0 Å². The van der Waals surface area contributed by atoms with Gasteiger partial charge in [0.05, 0.1) is 0 Å². The van der Waals surface area contributed by atoms with Crippen molar-refractivity contribution in [2.45, 2.75) is 26.2 Å². The van der Waals surface area contributed by atoms with Crippen LogP contribution in [0.1, 0.15) is 35.1 Å². The minimum absolute atomic E-state index is 0.360. The number of aromatic nitrogens is 1. The molecule has 0 radical (unpaired) electrons. The number of rotatable bonds is 4. The molecule has 13 heavy (non-hydrogen) atoms. The van der Waals surface area contributed by atoms with E-state index in [1.807, 2.05) is 0 Å². The lowest BCUT2D eigenvalue weighted by Crippen LogP contribution is -1.98. The smallest absolute Gasteiger partial charge is 0.347 e. The number of nitrogens with one attached hydrogen (secondary N) is 1. The van der Waals surface area contributed by atoms with Crippen LogP contribution in [0.5, 0.6) is 0 Å². The van der Waals surface area contributed by atoms with Gasteiger partial charge in [-0.3, -0.25) is 0 Å². The van der Waals surface area contributed by atoms with Crippen molar-refractivity contribution in [2.24, 2.45) is 0 Å². The van der Waals surface area contributed by atoms with Gasteiger partial charge in [0.15, 0.2) is 3.95 Å². The number of aromatic carboxylic acids is 1. The van der Waals surface area contributed by atoms with Gasteiger partial charge in [0.25, 0.3) is 0 Å². The number of carboxylic acid groups (broad SMARTS) is 1. The van der Waals surface area contributed by atoms with Crippen molar-refractivity contribution in [3.63, 3.8) is 0 Å². The van der Waals surface area contributed by atoms with E-state index in [4.69, 9.17) is 17.3 Å². The molecule has 72 valence electrons. The van der Waals surface area contributed by atoms with Gasteiger partial charge in [-0.1, -0.05) is 24.7 Å². The predicted molar refractivity (Wildman–Crippen MR) is 55.1 cm³/mol. The summed E-state index contributed by atoms with van der Waals surface area (Å²) < 4.78 is 0.545. The molecule has 0 unspecified atom stereocenters. The van der Waals surface area contributed by atoms with Crippen LogP contribution in [0.15, 0.2) is 0 Å². The highest BCUT2D eigenvalue weighted by atomic mass is 32.1. The first-order valence-corrected chi connectivity index (χ1v) is 5.33. The molecule has 0 spiro atoms. The fourth-order valence-electron chi connectivity index (χ4n) is 1.06. The average Bonchev–Trinajstić information content (AvgIpc) is 2.43. The molecule has 3 nitrogen and oxygen atoms in total. The Morgan fingerprint density at radius 3 is 2.92 bits per heavy atom. The lowest BCUT2D eigenvalue weighted by Gasteiger charge is -1.96. The van der Waals surface area contributed by atoms with Crippen molar-refractivity contribution in [2.75, 3.05) is 0 Å². The highest BCUT2D eigenvalue weighted by Crippen LogP contribution is 2.17. The quantitative estimate of drug-likeness (QED) is 0.762. The van der Waals surface area contributed by atoms with Gasteiger partial charge in [0.2, 0.25) is 0 Å². The van der Waals surface area contributed by atoms with Crippen molar-refractivity contribution < 1.29 is 9.90 Å². The lowest BCUT2D eigenvalue weighted by atomic mass is 10.2. The summed E-state index contributed by atoms with van der Waals surface area (Å²) in [6.07, 6.45) is 2.81. The van der Waals surface area contributed by atoms with Crippen LogP contribution in [0.3, 0.4) is 0 Å². The Morgan fingerprint density at radius 2 is 2.38 bits per heavy atom. The first kappa shape index (κ1) is 10.4. The topological polar surface area (TPSA) is 53.1 Å². The summed E-state index contributed by atoms with van der Waals surface area (Å²) in [4.78, 5) is 14.0. The van der Waals surface area contributed by atoms with Crippen LogP contribution in [-0.2, 0) is 6.42 Å². The fourth-order valence-corrected chi connectivity index (χ4v) is 2.16. The van der Waals surface area contributed by atoms with E-state index in [2.05, 4.69) is 11.9 Å². The second-order valence-electron chi connectivity index (χ2n) is 2.73. The molecule has 1 aromatic rings. The fraction of sp³-hybridized carbons (Fsp3) is 0.500. The van der Waals surface area contributed by atoms with Gasteiger partial charge in [0, 0.05) is 5.69 Å². The van der Waals surface area contributed by atoms with Gasteiger partial charge < -0.3 is 10.1 Å². The molecular weight excluding hydrogens is 206 g/mol. The number of unbranched alkanes of at least 4 members (excludes halogenated alkanes) is 1. The van der Waals surface area contributed by atoms with Crippen molar-refractivity contribution in [3.8, 4) is 0 Å². The summed E-state index contributed by atoms with van der Waals surface area (Å²) in [5, 5.41) is 8.82. The molecule has 1 aromatic heterocycles. The summed E-state index contributed by atoms with van der Waals surface area (Å²) >= 11 is 6.02. The molecule has 0 bridgehead atoms. The van der Waals surface area contributed by atoms with Gasteiger partial charge in [-0.25, -0.2) is 4.79 Å². The van der Waals surface area contributed by atoms with E-state index in [0.717, 1.165) is 36.3 Å². The van der Waals surface area contributed by atoms with Crippen LogP contribution >= 0.6 is 23.6 Å². The molecule has 1 rings (SSSR count). The Bertz CT molecular complexity index is 353. The van der Waals surface area contributed by atoms with Crippen LogP contribution in [0.4, 0.5) is 0 Å². The average molecular weight is 217 g/mol. The SMILES string of the molecule is CCCCc1[nH]c(=S)sc1C(=O)O. The van der Waals surface area contributed by atoms with Gasteiger partial charge >= 0.3 is 5.97 Å². The summed E-state index contributed by atoms with van der Waals surface area (Å²) in [5.41, 5.74) is 0.768. The van der Waals surface area contributed by atoms with E-state index in [9.17, 15) is 4.79 Å². The van der Waals surface area contributed by atoms with Crippen LogP contribution in [0.2, 0.25) is 0 Å². The third-order valence-corrected chi connectivity index (χ3v) is 2.96. The van der Waals surface area contributed by atoms with Crippen molar-refractivity contribution in [1.82, 2.24) is 4.98 Å². The summed E-state index contributed by atoms with van der Waals surface area (Å²) in [6.45, 7) is 2.07. The zero-order chi connectivity index (χ0) is 9.84. The van der Waals surface area contributed by atoms with Gasteiger partial charge in [0.1, 0.15) is 4.88 Å². The molecule has 0 fully saturated rings. The Morgan fingerprint density at radius 1 is 1.69 bits per heavy atom. The number of thiazole rings is 1. The number of H-pyrrole nitrogens is 1. The Labute approximate surface area is 85.4 Å². The predicted octanol–water partition coefficient (Wildman–Crippen LogP) is 2.85. The van der Waals surface area contributed by atoms with Gasteiger partial charge in [-0.15, -0.1) is 0 Å². The number of aryl methyl sites for hydroxylation is 1. The van der Waals surface area contributed by atoms with Crippen molar-refractivity contribution in [1.29, 1.82) is 0 Å². The number of carbonyl (C=O) groups is 1. The molecule has 2 N–H and O–H groups in total. The van der Waals surface area contributed by atoms with Crippen molar-refractivity contribution in [3.05, 3.63) is 14.5 Å². The van der Waals surface area contributed by atoms with Crippen molar-refractivity contribution >= 4 is 29.5 Å². The normalized spacial score (nSPS) is 10.2. The van der Waals surface area contributed by atoms with E-state index >= 15 is 0 Å². The van der Waals surface area contributed by atoms with Gasteiger partial charge in [-0.05, 0) is 25.1 Å². The number of carboxylic acids is 1. The highest BCUT2D eigenvalue weighted by molar-refractivity contribution is 7.73. The van der Waals surface area contributed by atoms with Crippen LogP contribution < -0.4 is 0 Å². The molecule has 1 heterocycles. The van der Waals surface area contributed by atoms with E-state index in [-0.39, 0.29) is 0 Å². The number of hydrogen-bond acceptors (Lipinski definition) is 3. The maximum absolute atomic E-state index is 10.7. The largest absolute Gasteiger partial charge is 0.477 e. The number of hydrogen-bond donors (Lipinski definition) is 2. The van der Waals surface area contributed by atoms with E-state index in [0.29, 0.717) is 8.83 Å². The van der Waals surface area contributed by atoms with Gasteiger partial charge in [-0.2, -0.15) is 0 Å². The maximum Gasteiger partial charge on any atom is 0.347 e. The summed E-state index contributed by atoms with van der Waals surface area (Å²) in [7, 11) is 0. The monoisotopic (exact) mass is 217 g/mol. The Hall–Kier alpha value is -0.680. The van der Waals surface area contributed by atoms with Crippen LogP contribution in [-0.4, -0.2) is 16.1 Å². The Kier molecular flexibility index (Phi) is 3.62. The molecule has 0 atom stereocenters. The van der Waals surface area contributed by atoms with E-state index in [1.165, 1.54) is 0 Å². The number of aromatic amines is 1.